The fraction of sp³-hybridized carbons (Fsp3) is 0.400. The van der Waals surface area contributed by atoms with E-state index in [9.17, 15) is 19.5 Å². The molecule has 0 bridgehead atoms. The first-order valence-electron chi connectivity index (χ1n) is 11.1. The molecule has 2 aromatic rings. The smallest absolute Gasteiger partial charge is 0.337 e. The SMILES string of the molecule is CCOC(=O)C(O)C1CCCN1C(=O)CCC(=O)NC1c2ccccc2-c2ccccc21. The van der Waals surface area contributed by atoms with Gasteiger partial charge in [0.2, 0.25) is 11.8 Å². The number of amides is 2. The van der Waals surface area contributed by atoms with Gasteiger partial charge >= 0.3 is 5.97 Å². The second kappa shape index (κ2) is 9.53. The first-order chi connectivity index (χ1) is 15.5. The Balaban J connectivity index is 1.37. The molecule has 1 saturated heterocycles. The Morgan fingerprint density at radius 3 is 2.31 bits per heavy atom. The molecule has 0 radical (unpaired) electrons. The van der Waals surface area contributed by atoms with E-state index in [2.05, 4.69) is 5.32 Å². The number of fused-ring (bicyclic) bond motifs is 3. The number of aliphatic hydroxyl groups is 1. The maximum Gasteiger partial charge on any atom is 0.337 e. The van der Waals surface area contributed by atoms with E-state index >= 15 is 0 Å². The molecule has 1 fully saturated rings. The van der Waals surface area contributed by atoms with E-state index in [1.54, 1.807) is 6.92 Å². The number of carbonyl (C=O) groups excluding carboxylic acids is 3. The zero-order valence-corrected chi connectivity index (χ0v) is 18.1. The molecule has 168 valence electrons. The molecule has 1 aliphatic carbocycles. The van der Waals surface area contributed by atoms with Gasteiger partial charge in [0.15, 0.2) is 6.10 Å². The highest BCUT2D eigenvalue weighted by Gasteiger charge is 2.38. The molecule has 7 nitrogen and oxygen atoms in total. The topological polar surface area (TPSA) is 95.9 Å². The summed E-state index contributed by atoms with van der Waals surface area (Å²) in [7, 11) is 0. The highest BCUT2D eigenvalue weighted by Crippen LogP contribution is 2.43. The van der Waals surface area contributed by atoms with Crippen LogP contribution in [0.2, 0.25) is 0 Å². The van der Waals surface area contributed by atoms with Crippen LogP contribution in [-0.4, -0.2) is 53.1 Å². The Bertz CT molecular complexity index is 975. The number of carbonyl (C=O) groups is 3. The summed E-state index contributed by atoms with van der Waals surface area (Å²) in [6.07, 6.45) is -0.0594. The molecule has 2 aromatic carbocycles. The van der Waals surface area contributed by atoms with Gasteiger partial charge in [0.05, 0.1) is 18.7 Å². The fourth-order valence-electron chi connectivity index (χ4n) is 4.72. The van der Waals surface area contributed by atoms with Gasteiger partial charge in [0.25, 0.3) is 0 Å². The van der Waals surface area contributed by atoms with Crippen LogP contribution in [0, 0.1) is 0 Å². The van der Waals surface area contributed by atoms with E-state index in [0.717, 1.165) is 22.3 Å². The van der Waals surface area contributed by atoms with E-state index in [1.807, 2.05) is 48.5 Å². The molecule has 2 aliphatic rings. The minimum Gasteiger partial charge on any atom is -0.464 e. The van der Waals surface area contributed by atoms with Gasteiger partial charge in [-0.15, -0.1) is 0 Å². The number of ether oxygens (including phenoxy) is 1. The van der Waals surface area contributed by atoms with Crippen molar-refractivity contribution < 1.29 is 24.2 Å². The van der Waals surface area contributed by atoms with Crippen molar-refractivity contribution in [3.8, 4) is 11.1 Å². The predicted octanol–water partition coefficient (Wildman–Crippen LogP) is 2.57. The van der Waals surface area contributed by atoms with E-state index in [4.69, 9.17) is 4.74 Å². The lowest BCUT2D eigenvalue weighted by molar-refractivity contribution is -0.157. The van der Waals surface area contributed by atoms with E-state index in [1.165, 1.54) is 4.90 Å². The lowest BCUT2D eigenvalue weighted by atomic mass is 10.0. The van der Waals surface area contributed by atoms with Crippen LogP contribution in [0.4, 0.5) is 0 Å². The molecule has 2 unspecified atom stereocenters. The number of esters is 1. The second-order valence-corrected chi connectivity index (χ2v) is 8.17. The third-order valence-corrected chi connectivity index (χ3v) is 6.22. The van der Waals surface area contributed by atoms with E-state index < -0.39 is 18.1 Å². The maximum absolute atomic E-state index is 12.8. The van der Waals surface area contributed by atoms with Crippen LogP contribution < -0.4 is 5.32 Å². The molecule has 1 aliphatic heterocycles. The number of hydrogen-bond acceptors (Lipinski definition) is 5. The van der Waals surface area contributed by atoms with E-state index in [-0.39, 0.29) is 37.3 Å². The summed E-state index contributed by atoms with van der Waals surface area (Å²) in [6, 6.07) is 15.1. The van der Waals surface area contributed by atoms with Crippen molar-refractivity contribution >= 4 is 17.8 Å². The summed E-state index contributed by atoms with van der Waals surface area (Å²) in [6.45, 7) is 2.30. The second-order valence-electron chi connectivity index (χ2n) is 8.17. The molecular formula is C25H28N2O5. The summed E-state index contributed by atoms with van der Waals surface area (Å²) in [5, 5.41) is 13.3. The number of hydrogen-bond donors (Lipinski definition) is 2. The highest BCUT2D eigenvalue weighted by atomic mass is 16.5. The Kier molecular flexibility index (Phi) is 6.55. The van der Waals surface area contributed by atoms with Crippen molar-refractivity contribution in [1.29, 1.82) is 0 Å². The van der Waals surface area contributed by atoms with Crippen LogP contribution in [0.25, 0.3) is 11.1 Å². The van der Waals surface area contributed by atoms with Crippen LogP contribution >= 0.6 is 0 Å². The summed E-state index contributed by atoms with van der Waals surface area (Å²) in [4.78, 5) is 38.9. The molecule has 1 heterocycles. The third kappa shape index (κ3) is 4.25. The predicted molar refractivity (Wildman–Crippen MR) is 118 cm³/mol. The molecule has 0 spiro atoms. The normalized spacial score (nSPS) is 18.1. The number of benzene rings is 2. The first-order valence-corrected chi connectivity index (χ1v) is 11.1. The molecule has 2 atom stereocenters. The van der Waals surface area contributed by atoms with Gasteiger partial charge in [0, 0.05) is 19.4 Å². The average Bonchev–Trinajstić information content (AvgIpc) is 3.41. The fourth-order valence-corrected chi connectivity index (χ4v) is 4.72. The van der Waals surface area contributed by atoms with Crippen LogP contribution in [0.3, 0.4) is 0 Å². The molecule has 0 aromatic heterocycles. The van der Waals surface area contributed by atoms with Crippen molar-refractivity contribution in [1.82, 2.24) is 10.2 Å². The van der Waals surface area contributed by atoms with Crippen molar-refractivity contribution in [2.75, 3.05) is 13.2 Å². The molecule has 0 saturated carbocycles. The third-order valence-electron chi connectivity index (χ3n) is 6.22. The van der Waals surface area contributed by atoms with Crippen LogP contribution in [-0.2, 0) is 19.1 Å². The largest absolute Gasteiger partial charge is 0.464 e. The molecule has 2 N–H and O–H groups in total. The zero-order valence-electron chi connectivity index (χ0n) is 18.1. The quantitative estimate of drug-likeness (QED) is 0.651. The minimum atomic E-state index is -1.36. The molecule has 2 amide bonds. The summed E-state index contributed by atoms with van der Waals surface area (Å²) >= 11 is 0. The van der Waals surface area contributed by atoms with Gasteiger partial charge in [-0.05, 0) is 42.0 Å². The zero-order chi connectivity index (χ0) is 22.7. The number of likely N-dealkylation sites (tertiary alicyclic amines) is 1. The number of rotatable bonds is 7. The molecule has 7 heteroatoms. The number of aliphatic hydroxyl groups excluding tert-OH is 1. The highest BCUT2D eigenvalue weighted by molar-refractivity contribution is 5.87. The van der Waals surface area contributed by atoms with Gasteiger partial charge in [-0.1, -0.05) is 48.5 Å². The maximum atomic E-state index is 12.8. The Labute approximate surface area is 187 Å². The molecular weight excluding hydrogens is 408 g/mol. The number of nitrogens with zero attached hydrogens (tertiary/aromatic N) is 1. The van der Waals surface area contributed by atoms with Gasteiger partial charge < -0.3 is 20.1 Å². The lowest BCUT2D eigenvalue weighted by Crippen LogP contribution is -2.46. The molecule has 4 rings (SSSR count). The van der Waals surface area contributed by atoms with Crippen molar-refractivity contribution in [3.05, 3.63) is 59.7 Å². The van der Waals surface area contributed by atoms with Crippen LogP contribution in [0.1, 0.15) is 49.8 Å². The van der Waals surface area contributed by atoms with Crippen LogP contribution in [0.5, 0.6) is 0 Å². The minimum absolute atomic E-state index is 0.0217. The Morgan fingerprint density at radius 1 is 1.06 bits per heavy atom. The summed E-state index contributed by atoms with van der Waals surface area (Å²) in [5.41, 5.74) is 4.31. The lowest BCUT2D eigenvalue weighted by Gasteiger charge is -2.27. The van der Waals surface area contributed by atoms with E-state index in [0.29, 0.717) is 19.4 Å². The Morgan fingerprint density at radius 2 is 1.69 bits per heavy atom. The average molecular weight is 437 g/mol. The Hall–Kier alpha value is -3.19. The van der Waals surface area contributed by atoms with Gasteiger partial charge in [0.1, 0.15) is 0 Å². The molecule has 32 heavy (non-hydrogen) atoms. The standard InChI is InChI=1S/C25H28N2O5/c1-2-32-25(31)24(30)20-12-7-15-27(20)22(29)14-13-21(28)26-23-18-10-5-3-8-16(18)17-9-4-6-11-19(17)23/h3-6,8-11,20,23-24,30H,2,7,12-15H2,1H3,(H,26,28). The van der Waals surface area contributed by atoms with Gasteiger partial charge in [-0.25, -0.2) is 4.79 Å². The number of nitrogens with one attached hydrogen (secondary N) is 1. The van der Waals surface area contributed by atoms with Crippen molar-refractivity contribution in [3.63, 3.8) is 0 Å². The van der Waals surface area contributed by atoms with Crippen molar-refractivity contribution in [2.45, 2.75) is 50.8 Å². The summed E-state index contributed by atoms with van der Waals surface area (Å²) < 4.78 is 4.88. The van der Waals surface area contributed by atoms with Crippen LogP contribution in [0.15, 0.2) is 48.5 Å². The van der Waals surface area contributed by atoms with Gasteiger partial charge in [-0.3, -0.25) is 9.59 Å². The van der Waals surface area contributed by atoms with Crippen molar-refractivity contribution in [2.24, 2.45) is 0 Å². The summed E-state index contributed by atoms with van der Waals surface area (Å²) in [5.74, 6) is -1.16. The van der Waals surface area contributed by atoms with Gasteiger partial charge in [-0.2, -0.15) is 0 Å². The monoisotopic (exact) mass is 436 g/mol. The first kappa shape index (κ1) is 22.0.